The van der Waals surface area contributed by atoms with Crippen molar-refractivity contribution in [3.63, 3.8) is 0 Å². The van der Waals surface area contributed by atoms with Gasteiger partial charge in [0.25, 0.3) is 0 Å². The largest absolute Gasteiger partial charge is 2.00 e. The molecule has 2 nitrogen and oxygen atoms in total. The van der Waals surface area contributed by atoms with Crippen LogP contribution in [0.3, 0.4) is 0 Å². The minimum atomic E-state index is 0. The summed E-state index contributed by atoms with van der Waals surface area (Å²) in [5.74, 6) is 0. The van der Waals surface area contributed by atoms with Gasteiger partial charge in [-0.25, -0.2) is 0 Å². The van der Waals surface area contributed by atoms with Crippen LogP contribution in [0.2, 0.25) is 0 Å². The molecule has 8 heavy (non-hydrogen) atoms. The number of nitrogens with zero attached hydrogens (tertiary/aromatic N) is 2. The van der Waals surface area contributed by atoms with Crippen molar-refractivity contribution in [1.29, 1.82) is 0 Å². The first-order valence-corrected chi connectivity index (χ1v) is 1.67. The third kappa shape index (κ3) is 97.9. The van der Waals surface area contributed by atoms with Crippen LogP contribution in [-0.2, 0) is 0 Å². The second-order valence-corrected chi connectivity index (χ2v) is 0.548. The zero-order valence-electron chi connectivity index (χ0n) is 4.42. The quantitative estimate of drug-likeness (QED) is 0.244. The molecule has 0 aliphatic rings. The maximum absolute atomic E-state index is 7.13. The van der Waals surface area contributed by atoms with Gasteiger partial charge in [0.15, 0.2) is 0 Å². The number of hydrogen-bond donors (Lipinski definition) is 0. The number of isothiocyanates is 2. The molecule has 6 heteroatoms. The summed E-state index contributed by atoms with van der Waals surface area (Å²) in [6, 6.07) is 0. The first-order valence-electron chi connectivity index (χ1n) is 0.855. The standard InChI is InChI=1S/2CNS.K.Mg/c2*2-1-3;;/q2*-1;+1;+2. The Balaban J connectivity index is -0.0000000160. The van der Waals surface area contributed by atoms with Crippen LogP contribution in [0.4, 0.5) is 0 Å². The van der Waals surface area contributed by atoms with E-state index in [1.807, 2.05) is 0 Å². The topological polar surface area (TPSA) is 44.6 Å². The molecular weight excluding hydrogens is 180 g/mol. The Morgan fingerprint density at radius 2 is 1.00 bits per heavy atom. The molecule has 0 unspecified atom stereocenters. The van der Waals surface area contributed by atoms with E-state index < -0.39 is 0 Å². The molecule has 0 radical (unpaired) electrons. The fourth-order valence-electron chi connectivity index (χ4n) is 0. The van der Waals surface area contributed by atoms with E-state index in [1.165, 1.54) is 10.3 Å². The van der Waals surface area contributed by atoms with Gasteiger partial charge in [0.1, 0.15) is 0 Å². The second-order valence-electron chi connectivity index (χ2n) is 0.183. The van der Waals surface area contributed by atoms with Crippen molar-refractivity contribution in [2.45, 2.75) is 0 Å². The third-order valence-corrected chi connectivity index (χ3v) is 0. The minimum Gasteiger partial charge on any atom is -0.753 e. The fraction of sp³-hybridized carbons (Fsp3) is 0. The summed E-state index contributed by atoms with van der Waals surface area (Å²) in [5, 5.41) is 16.9. The molecule has 0 aliphatic heterocycles. The van der Waals surface area contributed by atoms with E-state index in [2.05, 4.69) is 24.4 Å². The van der Waals surface area contributed by atoms with Crippen LogP contribution >= 0.6 is 24.4 Å². The zero-order valence-corrected chi connectivity index (χ0v) is 10.6. The van der Waals surface area contributed by atoms with E-state index >= 15 is 0 Å². The Morgan fingerprint density at radius 3 is 1.00 bits per heavy atom. The molecule has 0 saturated heterocycles. The molecule has 0 rings (SSSR count). The average molecular weight is 180 g/mol. The molecule has 0 fully saturated rings. The maximum Gasteiger partial charge on any atom is 2.00 e. The second kappa shape index (κ2) is 36.0. The van der Waals surface area contributed by atoms with Crippen molar-refractivity contribution in [2.24, 2.45) is 0 Å². The Labute approximate surface area is 117 Å². The number of rotatable bonds is 0. The van der Waals surface area contributed by atoms with Crippen molar-refractivity contribution in [3.05, 3.63) is 10.8 Å². The smallest absolute Gasteiger partial charge is 0.753 e. The summed E-state index contributed by atoms with van der Waals surface area (Å²) >= 11 is 7.40. The molecule has 0 bridgehead atoms. The third-order valence-electron chi connectivity index (χ3n) is 0. The minimum absolute atomic E-state index is 0. The molecule has 0 aromatic carbocycles. The van der Waals surface area contributed by atoms with Crippen LogP contribution in [0.15, 0.2) is 0 Å². The molecule has 0 spiro atoms. The van der Waals surface area contributed by atoms with Gasteiger partial charge in [0.2, 0.25) is 0 Å². The molecule has 0 aliphatic carbocycles. The SMILES string of the molecule is [K+].[Mg+2].[N-]=C=S.[N-]=C=S. The number of thiocarbonyl (C=S) groups is 2. The molecule has 0 amide bonds. The van der Waals surface area contributed by atoms with Crippen LogP contribution in [0, 0.1) is 0 Å². The van der Waals surface area contributed by atoms with E-state index in [4.69, 9.17) is 10.8 Å². The Bertz CT molecular complexity index is 72.0. The van der Waals surface area contributed by atoms with Crippen LogP contribution in [0.5, 0.6) is 0 Å². The predicted octanol–water partition coefficient (Wildman–Crippen LogP) is -2.06. The molecule has 0 atom stereocenters. The zero-order chi connectivity index (χ0) is 5.41. The van der Waals surface area contributed by atoms with Gasteiger partial charge >= 0.3 is 74.4 Å². The van der Waals surface area contributed by atoms with E-state index in [9.17, 15) is 0 Å². The van der Waals surface area contributed by atoms with Gasteiger partial charge in [0, 0.05) is 0 Å². The maximum atomic E-state index is 7.13. The van der Waals surface area contributed by atoms with E-state index in [0.717, 1.165) is 0 Å². The Hall–Kier alpha value is 2.00. The molecule has 0 aromatic heterocycles. The van der Waals surface area contributed by atoms with Gasteiger partial charge in [0.05, 0.1) is 0 Å². The Morgan fingerprint density at radius 1 is 1.00 bits per heavy atom. The normalized spacial score (nSPS) is 2.00. The van der Waals surface area contributed by atoms with Gasteiger partial charge in [-0.2, -0.15) is 10.3 Å². The van der Waals surface area contributed by atoms with Crippen LogP contribution in [-0.4, -0.2) is 33.4 Å². The van der Waals surface area contributed by atoms with Crippen molar-refractivity contribution >= 4 is 57.8 Å². The van der Waals surface area contributed by atoms with E-state index in [0.29, 0.717) is 0 Å². The number of hydrogen-bond acceptors (Lipinski definition) is 2. The average Bonchev–Trinajstić information content (AvgIpc) is 1.39. The van der Waals surface area contributed by atoms with Gasteiger partial charge in [-0.15, -0.1) is 0 Å². The van der Waals surface area contributed by atoms with Crippen LogP contribution in [0.1, 0.15) is 0 Å². The van der Waals surface area contributed by atoms with E-state index in [-0.39, 0.29) is 74.4 Å². The van der Waals surface area contributed by atoms with Crippen molar-refractivity contribution < 1.29 is 51.4 Å². The molecule has 0 N–H and O–H groups in total. The van der Waals surface area contributed by atoms with Crippen molar-refractivity contribution in [1.82, 2.24) is 0 Å². The summed E-state index contributed by atoms with van der Waals surface area (Å²) in [5.41, 5.74) is 0. The fourth-order valence-corrected chi connectivity index (χ4v) is 0. The van der Waals surface area contributed by atoms with Crippen LogP contribution < -0.4 is 51.4 Å². The Kier molecular flexibility index (Phi) is 101. The van der Waals surface area contributed by atoms with Crippen molar-refractivity contribution in [2.75, 3.05) is 0 Å². The summed E-state index contributed by atoms with van der Waals surface area (Å²) in [6.07, 6.45) is 0. The first kappa shape index (κ1) is 22.5. The van der Waals surface area contributed by atoms with Gasteiger partial charge in [-0.1, -0.05) is 24.4 Å². The monoisotopic (exact) mass is 179 g/mol. The molecule has 0 heterocycles. The summed E-state index contributed by atoms with van der Waals surface area (Å²) in [7, 11) is 0. The van der Waals surface area contributed by atoms with Crippen LogP contribution in [0.25, 0.3) is 10.8 Å². The molecule has 32 valence electrons. The molecular formula is C2KMgN2S2+. The molecule has 0 aromatic rings. The molecule has 0 saturated carbocycles. The van der Waals surface area contributed by atoms with Crippen molar-refractivity contribution in [3.8, 4) is 0 Å². The first-order chi connectivity index (χ1) is 2.83. The van der Waals surface area contributed by atoms with E-state index in [1.54, 1.807) is 0 Å². The summed E-state index contributed by atoms with van der Waals surface area (Å²) in [6.45, 7) is 0. The van der Waals surface area contributed by atoms with Gasteiger partial charge in [-0.05, 0) is 0 Å². The van der Waals surface area contributed by atoms with Gasteiger partial charge < -0.3 is 10.8 Å². The predicted molar refractivity (Wildman–Crippen MR) is 37.7 cm³/mol. The summed E-state index contributed by atoms with van der Waals surface area (Å²) < 4.78 is 0. The summed E-state index contributed by atoms with van der Waals surface area (Å²) in [4.78, 5) is 0. The van der Waals surface area contributed by atoms with Gasteiger partial charge in [-0.3, -0.25) is 0 Å².